The van der Waals surface area contributed by atoms with Crippen LogP contribution in [0.15, 0.2) is 53.4 Å². The lowest BCUT2D eigenvalue weighted by molar-refractivity contribution is 0.506. The molecular weight excluding hydrogens is 324 g/mol. The molecule has 3 heteroatoms. The first-order valence-corrected chi connectivity index (χ1v) is 10.2. The number of nitrogens with one attached hydrogen (secondary N) is 2. The van der Waals surface area contributed by atoms with Gasteiger partial charge < -0.3 is 10.0 Å². The molecule has 1 aliphatic carbocycles. The van der Waals surface area contributed by atoms with Crippen molar-refractivity contribution in [2.45, 2.75) is 49.3 Å². The second kappa shape index (κ2) is 6.37. The maximum atomic E-state index is 3.52. The molecule has 2 aliphatic rings. The fourth-order valence-electron chi connectivity index (χ4n) is 3.96. The Hall–Kier alpha value is -1.45. The minimum absolute atomic E-state index is 0.252. The monoisotopic (exact) mass is 352 g/mol. The second-order valence-corrected chi connectivity index (χ2v) is 9.11. The van der Waals surface area contributed by atoms with Crippen LogP contribution in [0.2, 0.25) is 0 Å². The molecule has 4 rings (SSSR count). The molecule has 0 aromatic heterocycles. The van der Waals surface area contributed by atoms with Gasteiger partial charge in [-0.3, -0.25) is 0 Å². The van der Waals surface area contributed by atoms with Gasteiger partial charge in [0.05, 0.1) is 0 Å². The Balaban J connectivity index is 1.37. The molecule has 1 heterocycles. The highest BCUT2D eigenvalue weighted by Crippen LogP contribution is 2.56. The van der Waals surface area contributed by atoms with E-state index in [2.05, 4.69) is 79.3 Å². The number of benzene rings is 2. The molecule has 2 aromatic carbocycles. The van der Waals surface area contributed by atoms with E-state index in [-0.39, 0.29) is 5.41 Å². The van der Waals surface area contributed by atoms with Crippen LogP contribution in [-0.2, 0) is 10.8 Å². The molecule has 0 radical (unpaired) electrons. The predicted octanol–water partition coefficient (Wildman–Crippen LogP) is 5.35. The van der Waals surface area contributed by atoms with Crippen molar-refractivity contribution in [3.63, 3.8) is 0 Å². The topological polar surface area (TPSA) is 24.1 Å². The summed E-state index contributed by atoms with van der Waals surface area (Å²) >= 11 is 1.69. The summed E-state index contributed by atoms with van der Waals surface area (Å²) in [4.78, 5) is 1.25. The summed E-state index contributed by atoms with van der Waals surface area (Å²) in [6.45, 7) is 9.21. The summed E-state index contributed by atoms with van der Waals surface area (Å²) in [7, 11) is 0. The second-order valence-electron chi connectivity index (χ2n) is 8.23. The van der Waals surface area contributed by atoms with E-state index in [1.165, 1.54) is 34.7 Å². The minimum atomic E-state index is 0.252. The van der Waals surface area contributed by atoms with Crippen molar-refractivity contribution < 1.29 is 0 Å². The van der Waals surface area contributed by atoms with Crippen LogP contribution in [0, 0.1) is 5.92 Å². The smallest absolute Gasteiger partial charge is 0.0443 e. The van der Waals surface area contributed by atoms with Gasteiger partial charge in [-0.1, -0.05) is 45.0 Å². The summed E-state index contributed by atoms with van der Waals surface area (Å²) in [5.74, 6) is 0.867. The zero-order chi connectivity index (χ0) is 17.5. The van der Waals surface area contributed by atoms with Gasteiger partial charge in [0.15, 0.2) is 0 Å². The van der Waals surface area contributed by atoms with Gasteiger partial charge in [-0.25, -0.2) is 0 Å². The quantitative estimate of drug-likeness (QED) is 0.685. The highest BCUT2D eigenvalue weighted by atomic mass is 32.2. The molecule has 2 aromatic rings. The van der Waals surface area contributed by atoms with Crippen LogP contribution in [0.5, 0.6) is 0 Å². The van der Waals surface area contributed by atoms with Gasteiger partial charge >= 0.3 is 0 Å². The van der Waals surface area contributed by atoms with Crippen LogP contribution in [0.4, 0.5) is 5.69 Å². The van der Waals surface area contributed by atoms with Crippen molar-refractivity contribution in [1.82, 2.24) is 5.32 Å². The summed E-state index contributed by atoms with van der Waals surface area (Å²) in [5, 5.41) is 3.52. The molecule has 0 spiro atoms. The van der Waals surface area contributed by atoms with Gasteiger partial charge in [-0.15, -0.1) is 0 Å². The molecule has 1 saturated carbocycles. The third kappa shape index (κ3) is 3.20. The van der Waals surface area contributed by atoms with Gasteiger partial charge in [0, 0.05) is 22.5 Å². The van der Waals surface area contributed by atoms with Crippen molar-refractivity contribution in [2.24, 2.45) is 5.92 Å². The van der Waals surface area contributed by atoms with Crippen molar-refractivity contribution >= 4 is 17.6 Å². The van der Waals surface area contributed by atoms with E-state index >= 15 is 0 Å². The lowest BCUT2D eigenvalue weighted by Crippen LogP contribution is -2.19. The average Bonchev–Trinajstić information content (AvgIpc) is 3.21. The maximum Gasteiger partial charge on any atom is 0.0443 e. The first-order chi connectivity index (χ1) is 12.0. The van der Waals surface area contributed by atoms with Gasteiger partial charge in [0.2, 0.25) is 0 Å². The maximum absolute atomic E-state index is 3.52. The largest absolute Gasteiger partial charge is 0.326 e. The Labute approximate surface area is 155 Å². The third-order valence-corrected chi connectivity index (χ3v) is 7.18. The first kappa shape index (κ1) is 17.0. The number of hydrogen-bond donors (Lipinski definition) is 2. The zero-order valence-electron chi connectivity index (χ0n) is 15.4. The predicted molar refractivity (Wildman–Crippen MR) is 108 cm³/mol. The molecule has 0 unspecified atom stereocenters. The SMILES string of the molecule is CCC(C)(C)c1ccc(SNc2ccc([C@]34CNC[C@H]3C4)cc2)cc1. The molecule has 2 nitrogen and oxygen atoms in total. The third-order valence-electron chi connectivity index (χ3n) is 6.33. The van der Waals surface area contributed by atoms with E-state index in [1.807, 2.05) is 0 Å². The number of hydrogen-bond acceptors (Lipinski definition) is 3. The van der Waals surface area contributed by atoms with Crippen molar-refractivity contribution in [1.29, 1.82) is 0 Å². The summed E-state index contributed by atoms with van der Waals surface area (Å²) < 4.78 is 3.48. The molecule has 25 heavy (non-hydrogen) atoms. The normalized spacial score (nSPS) is 24.8. The molecule has 132 valence electrons. The zero-order valence-corrected chi connectivity index (χ0v) is 16.2. The van der Waals surface area contributed by atoms with E-state index in [1.54, 1.807) is 11.9 Å². The molecule has 0 bridgehead atoms. The Kier molecular flexibility index (Phi) is 4.33. The summed E-state index contributed by atoms with van der Waals surface area (Å²) in [6.07, 6.45) is 2.52. The van der Waals surface area contributed by atoms with Crippen LogP contribution in [-0.4, -0.2) is 13.1 Å². The van der Waals surface area contributed by atoms with Crippen LogP contribution in [0.3, 0.4) is 0 Å². The van der Waals surface area contributed by atoms with Gasteiger partial charge in [-0.05, 0) is 78.1 Å². The van der Waals surface area contributed by atoms with Crippen molar-refractivity contribution in [3.8, 4) is 0 Å². The van der Waals surface area contributed by atoms with E-state index in [0.29, 0.717) is 5.41 Å². The Morgan fingerprint density at radius 3 is 2.40 bits per heavy atom. The number of piperidine rings is 1. The molecule has 0 amide bonds. The highest BCUT2D eigenvalue weighted by Gasteiger charge is 2.57. The van der Waals surface area contributed by atoms with E-state index < -0.39 is 0 Å². The summed E-state index contributed by atoms with van der Waals surface area (Å²) in [5.41, 5.74) is 4.79. The molecule has 1 aliphatic heterocycles. The molecular formula is C22H28N2S. The van der Waals surface area contributed by atoms with Crippen LogP contribution >= 0.6 is 11.9 Å². The Morgan fingerprint density at radius 2 is 1.84 bits per heavy atom. The standard InChI is InChI=1S/C22H28N2S/c1-4-21(2,3)16-7-11-20(12-8-16)25-24-19-9-5-17(6-10-19)22-13-18(22)14-23-15-22/h5-12,18,23-24H,4,13-15H2,1-3H3/t18-,22+/m1/s1. The van der Waals surface area contributed by atoms with Crippen LogP contribution in [0.1, 0.15) is 44.7 Å². The lowest BCUT2D eigenvalue weighted by atomic mass is 9.82. The number of fused-ring (bicyclic) bond motifs is 1. The Morgan fingerprint density at radius 1 is 1.12 bits per heavy atom. The van der Waals surface area contributed by atoms with E-state index in [4.69, 9.17) is 0 Å². The molecule has 2 fully saturated rings. The van der Waals surface area contributed by atoms with E-state index in [9.17, 15) is 0 Å². The van der Waals surface area contributed by atoms with Gasteiger partial charge in [0.1, 0.15) is 0 Å². The highest BCUT2D eigenvalue weighted by molar-refractivity contribution is 8.00. The number of rotatable bonds is 6. The average molecular weight is 353 g/mol. The van der Waals surface area contributed by atoms with Crippen molar-refractivity contribution in [2.75, 3.05) is 17.8 Å². The van der Waals surface area contributed by atoms with Crippen molar-refractivity contribution in [3.05, 3.63) is 59.7 Å². The Bertz CT molecular complexity index is 736. The fraction of sp³-hybridized carbons (Fsp3) is 0.455. The van der Waals surface area contributed by atoms with E-state index in [0.717, 1.165) is 18.9 Å². The number of anilines is 1. The minimum Gasteiger partial charge on any atom is -0.326 e. The molecule has 1 saturated heterocycles. The first-order valence-electron chi connectivity index (χ1n) is 9.38. The van der Waals surface area contributed by atoms with Gasteiger partial charge in [0.25, 0.3) is 0 Å². The van der Waals surface area contributed by atoms with Crippen LogP contribution in [0.25, 0.3) is 0 Å². The van der Waals surface area contributed by atoms with Gasteiger partial charge in [-0.2, -0.15) is 0 Å². The molecule has 2 atom stereocenters. The van der Waals surface area contributed by atoms with Crippen LogP contribution < -0.4 is 10.0 Å². The molecule has 2 N–H and O–H groups in total. The summed E-state index contributed by atoms with van der Waals surface area (Å²) in [6, 6.07) is 18.0. The lowest BCUT2D eigenvalue weighted by Gasteiger charge is -2.23. The fourth-order valence-corrected chi connectivity index (χ4v) is 4.60.